The number of halogens is 2. The van der Waals surface area contributed by atoms with Crippen LogP contribution in [0.2, 0.25) is 10.0 Å². The number of rotatable bonds is 10. The molecule has 1 aliphatic carbocycles. The zero-order valence-electron chi connectivity index (χ0n) is 23.2. The highest BCUT2D eigenvalue weighted by molar-refractivity contribution is 7.92. The van der Waals surface area contributed by atoms with Crippen molar-refractivity contribution in [2.75, 3.05) is 10.8 Å². The monoisotopic (exact) mass is 615 g/mol. The predicted molar refractivity (Wildman–Crippen MR) is 164 cm³/mol. The number of nitrogens with one attached hydrogen (secondary N) is 1. The number of carbonyl (C=O) groups excluding carboxylic acids is 2. The minimum absolute atomic E-state index is 0.0386. The number of anilines is 1. The van der Waals surface area contributed by atoms with E-state index in [-0.39, 0.29) is 29.1 Å². The lowest BCUT2D eigenvalue weighted by Gasteiger charge is -2.33. The molecule has 10 heteroatoms. The summed E-state index contributed by atoms with van der Waals surface area (Å²) < 4.78 is 29.0. The average molecular weight is 617 g/mol. The Morgan fingerprint density at radius 2 is 1.61 bits per heavy atom. The summed E-state index contributed by atoms with van der Waals surface area (Å²) in [5, 5.41) is 3.93. The first-order valence-corrected chi connectivity index (χ1v) is 15.9. The summed E-state index contributed by atoms with van der Waals surface area (Å²) in [4.78, 5) is 29.0. The third kappa shape index (κ3) is 7.82. The summed E-state index contributed by atoms with van der Waals surface area (Å²) in [6.07, 6.45) is 5.05. The molecule has 1 N–H and O–H groups in total. The molecule has 0 bridgehead atoms. The van der Waals surface area contributed by atoms with Gasteiger partial charge in [-0.1, -0.05) is 78.9 Å². The van der Waals surface area contributed by atoms with Gasteiger partial charge in [-0.3, -0.25) is 13.9 Å². The minimum atomic E-state index is -4.16. The molecular formula is C31H35Cl2N3O4S. The lowest BCUT2D eigenvalue weighted by Crippen LogP contribution is -2.53. The molecule has 1 fully saturated rings. The van der Waals surface area contributed by atoms with Gasteiger partial charge >= 0.3 is 0 Å². The van der Waals surface area contributed by atoms with E-state index in [4.69, 9.17) is 23.2 Å². The molecule has 1 atom stereocenters. The molecule has 3 aromatic rings. The molecule has 1 aliphatic rings. The summed E-state index contributed by atoms with van der Waals surface area (Å²) in [7, 11) is -4.16. The predicted octanol–water partition coefficient (Wildman–Crippen LogP) is 6.36. The number of hydrogen-bond donors (Lipinski definition) is 1. The number of nitrogens with zero attached hydrogens (tertiary/aromatic N) is 2. The molecule has 0 saturated heterocycles. The molecule has 1 saturated carbocycles. The van der Waals surface area contributed by atoms with Crippen LogP contribution >= 0.6 is 23.2 Å². The fraction of sp³-hybridized carbons (Fsp3) is 0.355. The summed E-state index contributed by atoms with van der Waals surface area (Å²) in [5.74, 6) is -0.807. The molecule has 0 spiro atoms. The van der Waals surface area contributed by atoms with Crippen LogP contribution in [0.4, 0.5) is 5.69 Å². The van der Waals surface area contributed by atoms with Crippen LogP contribution in [-0.4, -0.2) is 43.8 Å². The van der Waals surface area contributed by atoms with Crippen molar-refractivity contribution in [3.05, 3.63) is 94.0 Å². The minimum Gasteiger partial charge on any atom is -0.352 e. The number of carbonyl (C=O) groups is 2. The van der Waals surface area contributed by atoms with E-state index >= 15 is 0 Å². The maximum absolute atomic E-state index is 14.1. The van der Waals surface area contributed by atoms with Crippen molar-refractivity contribution in [2.24, 2.45) is 0 Å². The standard InChI is InChI=1S/C31H35Cl2N3O4S/c1-22-16-17-26(33)19-29(22)36(41(39,40)28-14-7-4-8-15-28)21-30(37)35(20-24-10-9-11-25(32)18-24)23(2)31(38)34-27-12-5-3-6-13-27/h4,7-11,14-19,23,27H,3,5-6,12-13,20-21H2,1-2H3,(H,34,38)/t23-/m0/s1. The molecule has 0 radical (unpaired) electrons. The van der Waals surface area contributed by atoms with Gasteiger partial charge in [-0.15, -0.1) is 0 Å². The lowest BCUT2D eigenvalue weighted by molar-refractivity contribution is -0.139. The molecule has 2 amide bonds. The van der Waals surface area contributed by atoms with Crippen molar-refractivity contribution in [2.45, 2.75) is 69.5 Å². The quantitative estimate of drug-likeness (QED) is 0.287. The second-order valence-electron chi connectivity index (χ2n) is 10.4. The van der Waals surface area contributed by atoms with Crippen molar-refractivity contribution >= 4 is 50.7 Å². The molecule has 3 aromatic carbocycles. The van der Waals surface area contributed by atoms with E-state index in [0.29, 0.717) is 15.6 Å². The summed E-state index contributed by atoms with van der Waals surface area (Å²) >= 11 is 12.5. The molecule has 0 unspecified atom stereocenters. The Morgan fingerprint density at radius 1 is 0.927 bits per heavy atom. The summed E-state index contributed by atoms with van der Waals surface area (Å²) in [5.41, 5.74) is 1.64. The van der Waals surface area contributed by atoms with Gasteiger partial charge in [-0.2, -0.15) is 0 Å². The Morgan fingerprint density at radius 3 is 2.29 bits per heavy atom. The van der Waals surface area contributed by atoms with E-state index in [1.807, 2.05) is 6.07 Å². The number of sulfonamides is 1. The molecule has 0 heterocycles. The third-order valence-electron chi connectivity index (χ3n) is 7.41. The Balaban J connectivity index is 1.70. The van der Waals surface area contributed by atoms with Gasteiger partial charge in [0, 0.05) is 22.6 Å². The molecule has 7 nitrogen and oxygen atoms in total. The summed E-state index contributed by atoms with van der Waals surface area (Å²) in [6, 6.07) is 19.1. The van der Waals surface area contributed by atoms with Crippen LogP contribution in [0.5, 0.6) is 0 Å². The Bertz CT molecular complexity index is 1480. The molecule has 0 aliphatic heterocycles. The van der Waals surface area contributed by atoms with Crippen molar-refractivity contribution in [3.8, 4) is 0 Å². The van der Waals surface area contributed by atoms with Gasteiger partial charge in [0.1, 0.15) is 12.6 Å². The normalized spacial score (nSPS) is 14.7. The fourth-order valence-corrected chi connectivity index (χ4v) is 6.94. The van der Waals surface area contributed by atoms with Crippen LogP contribution in [0.1, 0.15) is 50.2 Å². The van der Waals surface area contributed by atoms with Crippen molar-refractivity contribution in [1.29, 1.82) is 0 Å². The van der Waals surface area contributed by atoms with Crippen LogP contribution in [0.15, 0.2) is 77.7 Å². The Hall–Kier alpha value is -3.07. The average Bonchev–Trinajstić information content (AvgIpc) is 2.96. The van der Waals surface area contributed by atoms with E-state index < -0.39 is 28.5 Å². The van der Waals surface area contributed by atoms with Crippen LogP contribution in [0, 0.1) is 6.92 Å². The number of aryl methyl sites for hydroxylation is 1. The van der Waals surface area contributed by atoms with E-state index in [2.05, 4.69) is 5.32 Å². The van der Waals surface area contributed by atoms with Gasteiger partial charge in [0.25, 0.3) is 10.0 Å². The summed E-state index contributed by atoms with van der Waals surface area (Å²) in [6.45, 7) is 2.97. The van der Waals surface area contributed by atoms with Gasteiger partial charge in [0.05, 0.1) is 10.6 Å². The van der Waals surface area contributed by atoms with Gasteiger partial charge in [-0.25, -0.2) is 8.42 Å². The van der Waals surface area contributed by atoms with Crippen LogP contribution < -0.4 is 9.62 Å². The number of benzene rings is 3. The molecule has 41 heavy (non-hydrogen) atoms. The topological polar surface area (TPSA) is 86.8 Å². The second-order valence-corrected chi connectivity index (χ2v) is 13.2. The van der Waals surface area contributed by atoms with Crippen molar-refractivity contribution in [3.63, 3.8) is 0 Å². The first-order chi connectivity index (χ1) is 19.6. The highest BCUT2D eigenvalue weighted by Crippen LogP contribution is 2.30. The largest absolute Gasteiger partial charge is 0.352 e. The Kier molecular flexibility index (Phi) is 10.3. The first kappa shape index (κ1) is 30.9. The van der Waals surface area contributed by atoms with Crippen LogP contribution in [0.25, 0.3) is 0 Å². The van der Waals surface area contributed by atoms with Crippen molar-refractivity contribution in [1.82, 2.24) is 10.2 Å². The highest BCUT2D eigenvalue weighted by Gasteiger charge is 2.33. The zero-order valence-corrected chi connectivity index (χ0v) is 25.6. The molecule has 4 rings (SSSR count). The smallest absolute Gasteiger partial charge is 0.264 e. The highest BCUT2D eigenvalue weighted by atomic mass is 35.5. The molecular weight excluding hydrogens is 581 g/mol. The van der Waals surface area contributed by atoms with Crippen LogP contribution in [-0.2, 0) is 26.2 Å². The van der Waals surface area contributed by atoms with Crippen molar-refractivity contribution < 1.29 is 18.0 Å². The van der Waals surface area contributed by atoms with E-state index in [1.54, 1.807) is 62.4 Å². The maximum Gasteiger partial charge on any atom is 0.264 e. The lowest BCUT2D eigenvalue weighted by atomic mass is 9.95. The zero-order chi connectivity index (χ0) is 29.6. The number of hydrogen-bond acceptors (Lipinski definition) is 4. The van der Waals surface area contributed by atoms with Crippen LogP contribution in [0.3, 0.4) is 0 Å². The van der Waals surface area contributed by atoms with Gasteiger partial charge < -0.3 is 10.2 Å². The van der Waals surface area contributed by atoms with E-state index in [9.17, 15) is 18.0 Å². The maximum atomic E-state index is 14.1. The first-order valence-electron chi connectivity index (χ1n) is 13.7. The van der Waals surface area contributed by atoms with Gasteiger partial charge in [0.15, 0.2) is 0 Å². The Labute approximate surface area is 252 Å². The SMILES string of the molecule is Cc1ccc(Cl)cc1N(CC(=O)N(Cc1cccc(Cl)c1)[C@@H](C)C(=O)NC1CCCCC1)S(=O)(=O)c1ccccc1. The number of amides is 2. The molecule has 0 aromatic heterocycles. The van der Waals surface area contributed by atoms with E-state index in [1.165, 1.54) is 23.1 Å². The van der Waals surface area contributed by atoms with E-state index in [0.717, 1.165) is 42.0 Å². The molecule has 218 valence electrons. The fourth-order valence-electron chi connectivity index (χ4n) is 5.07. The second kappa shape index (κ2) is 13.7. The van der Waals surface area contributed by atoms with Gasteiger partial charge in [0.2, 0.25) is 11.8 Å². The van der Waals surface area contributed by atoms with Gasteiger partial charge in [-0.05, 0) is 74.2 Å². The third-order valence-corrected chi connectivity index (χ3v) is 9.65.